The zero-order chi connectivity index (χ0) is 25.3. The first-order valence-electron chi connectivity index (χ1n) is 10.9. The minimum absolute atomic E-state index is 0.199. The number of carbonyl (C=O) groups is 2. The van der Waals surface area contributed by atoms with Crippen molar-refractivity contribution in [1.29, 1.82) is 0 Å². The van der Waals surface area contributed by atoms with E-state index in [1.807, 2.05) is 18.2 Å². The molecule has 10 heteroatoms. The zero-order valence-corrected chi connectivity index (χ0v) is 20.2. The van der Waals surface area contributed by atoms with E-state index in [4.69, 9.17) is 4.74 Å². The monoisotopic (exact) mass is 498 g/mol. The Hall–Kier alpha value is -3.79. The summed E-state index contributed by atoms with van der Waals surface area (Å²) in [6.45, 7) is 2.48. The van der Waals surface area contributed by atoms with Gasteiger partial charge in [0, 0.05) is 35.4 Å². The van der Waals surface area contributed by atoms with Gasteiger partial charge in [-0.2, -0.15) is 0 Å². The minimum atomic E-state index is -1.55. The summed E-state index contributed by atoms with van der Waals surface area (Å²) in [5.74, 6) is -0.421. The molecule has 1 unspecified atom stereocenters. The van der Waals surface area contributed by atoms with Crippen molar-refractivity contribution < 1.29 is 22.9 Å². The Morgan fingerprint density at radius 3 is 2.20 bits per heavy atom. The molecule has 0 radical (unpaired) electrons. The number of nitrogens with one attached hydrogen (secondary N) is 3. The molecule has 3 N–H and O–H groups in total. The van der Waals surface area contributed by atoms with Crippen LogP contribution in [0.5, 0.6) is 0 Å². The van der Waals surface area contributed by atoms with E-state index < -0.39 is 35.1 Å². The average molecular weight is 499 g/mol. The Bertz CT molecular complexity index is 1160. The van der Waals surface area contributed by atoms with Crippen LogP contribution in [0.25, 0.3) is 0 Å². The number of carbonyl (C=O) groups excluding carboxylic acids is 2. The Labute approximate surface area is 205 Å². The maximum absolute atomic E-state index is 13.0. The quantitative estimate of drug-likeness (QED) is 0.367. The number of nitrogens with zero attached hydrogens (tertiary/aromatic N) is 1. The van der Waals surface area contributed by atoms with E-state index in [0.29, 0.717) is 28.4 Å². The van der Waals surface area contributed by atoms with Gasteiger partial charge in [0.05, 0.1) is 16.9 Å². The predicted octanol–water partition coefficient (Wildman–Crippen LogP) is 4.94. The first kappa shape index (κ1) is 25.8. The number of hydrogen-bond donors (Lipinski definition) is 3. The van der Waals surface area contributed by atoms with Crippen molar-refractivity contribution in [1.82, 2.24) is 4.98 Å². The van der Waals surface area contributed by atoms with Gasteiger partial charge in [0.25, 0.3) is 0 Å². The van der Waals surface area contributed by atoms with Gasteiger partial charge < -0.3 is 14.8 Å². The van der Waals surface area contributed by atoms with E-state index in [1.54, 1.807) is 54.7 Å². The molecule has 0 bridgehead atoms. The molecule has 1 aromatic heterocycles. The number of hydrogen-bond acceptors (Lipinski definition) is 5. The van der Waals surface area contributed by atoms with Gasteiger partial charge in [-0.15, -0.1) is 0 Å². The third kappa shape index (κ3) is 7.89. The number of alkyl halides is 1. The maximum atomic E-state index is 13.0. The van der Waals surface area contributed by atoms with Crippen molar-refractivity contribution in [2.24, 2.45) is 5.41 Å². The Balaban J connectivity index is 1.47. The van der Waals surface area contributed by atoms with Gasteiger partial charge in [-0.25, -0.2) is 13.4 Å². The van der Waals surface area contributed by atoms with E-state index in [0.717, 1.165) is 5.69 Å². The molecular weight excluding hydrogens is 471 g/mol. The van der Waals surface area contributed by atoms with Crippen LogP contribution in [0.15, 0.2) is 77.8 Å². The number of halogens is 1. The lowest BCUT2D eigenvalue weighted by Crippen LogP contribution is -2.32. The number of benzene rings is 2. The summed E-state index contributed by atoms with van der Waals surface area (Å²) in [6, 6.07) is 18.6. The van der Waals surface area contributed by atoms with Crippen LogP contribution in [0.4, 0.5) is 26.2 Å². The van der Waals surface area contributed by atoms with Crippen molar-refractivity contribution in [3.63, 3.8) is 0 Å². The largest absolute Gasteiger partial charge is 0.449 e. The van der Waals surface area contributed by atoms with E-state index in [9.17, 15) is 18.2 Å². The molecule has 184 valence electrons. The van der Waals surface area contributed by atoms with Gasteiger partial charge in [0.15, 0.2) is 0 Å². The summed E-state index contributed by atoms with van der Waals surface area (Å²) >= 11 is 0. The second kappa shape index (κ2) is 12.1. The van der Waals surface area contributed by atoms with Gasteiger partial charge >= 0.3 is 6.09 Å². The van der Waals surface area contributed by atoms with Crippen LogP contribution in [-0.2, 0) is 26.9 Å². The minimum Gasteiger partial charge on any atom is -0.449 e. The van der Waals surface area contributed by atoms with E-state index in [-0.39, 0.29) is 6.61 Å². The molecule has 1 atom stereocenters. The Morgan fingerprint density at radius 2 is 1.57 bits per heavy atom. The van der Waals surface area contributed by atoms with Crippen molar-refractivity contribution in [2.45, 2.75) is 25.2 Å². The fourth-order valence-electron chi connectivity index (χ4n) is 2.76. The highest BCUT2D eigenvalue weighted by Gasteiger charge is 2.27. The summed E-state index contributed by atoms with van der Waals surface area (Å²) in [4.78, 5) is 28.7. The molecular formula is C25H27FN4O4S. The number of aromatic nitrogens is 1. The SMILES string of the molecule is CC(C)(CF)C(=O)Nc1ccc(NS(=O)c2ccc(NC(=O)OCCc3ccccn3)cc2)cc1. The second-order valence-corrected chi connectivity index (χ2v) is 9.49. The summed E-state index contributed by atoms with van der Waals surface area (Å²) in [5, 5.41) is 5.28. The molecule has 2 aromatic carbocycles. The highest BCUT2D eigenvalue weighted by molar-refractivity contribution is 7.86. The molecule has 1 heterocycles. The number of rotatable bonds is 10. The lowest BCUT2D eigenvalue weighted by Gasteiger charge is -2.19. The third-order valence-corrected chi connectivity index (χ3v) is 6.06. The van der Waals surface area contributed by atoms with Gasteiger partial charge in [0.1, 0.15) is 17.7 Å². The predicted molar refractivity (Wildman–Crippen MR) is 134 cm³/mol. The van der Waals surface area contributed by atoms with Crippen LogP contribution >= 0.6 is 0 Å². The van der Waals surface area contributed by atoms with Gasteiger partial charge in [-0.05, 0) is 74.5 Å². The Kier molecular flexibility index (Phi) is 8.91. The fraction of sp³-hybridized carbons (Fsp3) is 0.240. The molecule has 35 heavy (non-hydrogen) atoms. The van der Waals surface area contributed by atoms with Crippen LogP contribution in [0, 0.1) is 5.41 Å². The Morgan fingerprint density at radius 1 is 0.943 bits per heavy atom. The van der Waals surface area contributed by atoms with Crippen LogP contribution in [0.1, 0.15) is 19.5 Å². The summed E-state index contributed by atoms with van der Waals surface area (Å²) in [7, 11) is -1.55. The number of ether oxygens (including phenoxy) is 1. The van der Waals surface area contributed by atoms with Crippen molar-refractivity contribution in [2.75, 3.05) is 28.6 Å². The number of anilines is 3. The van der Waals surface area contributed by atoms with Crippen LogP contribution < -0.4 is 15.4 Å². The van der Waals surface area contributed by atoms with E-state index >= 15 is 0 Å². The smallest absolute Gasteiger partial charge is 0.411 e. The highest BCUT2D eigenvalue weighted by atomic mass is 32.2. The number of pyridine rings is 1. The lowest BCUT2D eigenvalue weighted by molar-refractivity contribution is -0.124. The fourth-order valence-corrected chi connectivity index (χ4v) is 3.61. The van der Waals surface area contributed by atoms with Crippen molar-refractivity contribution in [3.05, 3.63) is 78.6 Å². The van der Waals surface area contributed by atoms with E-state index in [1.165, 1.54) is 13.8 Å². The molecule has 2 amide bonds. The second-order valence-electron chi connectivity index (χ2n) is 8.28. The molecule has 0 aliphatic heterocycles. The van der Waals surface area contributed by atoms with Crippen molar-refractivity contribution in [3.8, 4) is 0 Å². The maximum Gasteiger partial charge on any atom is 0.411 e. The van der Waals surface area contributed by atoms with E-state index in [2.05, 4.69) is 20.3 Å². The standard InChI is InChI=1S/C25H27FN4O4S/c1-25(2,17-26)23(31)28-19-6-8-21(9-7-19)30-35(33)22-12-10-20(11-13-22)29-24(32)34-16-14-18-5-3-4-15-27-18/h3-13,15,30H,14,16-17H2,1-2H3,(H,28,31)(H,29,32). The molecule has 0 spiro atoms. The number of amides is 2. The molecule has 0 aliphatic rings. The molecule has 0 saturated heterocycles. The zero-order valence-electron chi connectivity index (χ0n) is 19.4. The van der Waals surface area contributed by atoms with Crippen LogP contribution in [-0.4, -0.2) is 34.5 Å². The van der Waals surface area contributed by atoms with Gasteiger partial charge in [-0.1, -0.05) is 6.07 Å². The first-order valence-corrected chi connectivity index (χ1v) is 12.0. The molecule has 0 aliphatic carbocycles. The van der Waals surface area contributed by atoms with Crippen LogP contribution in [0.3, 0.4) is 0 Å². The third-order valence-electron chi connectivity index (χ3n) is 4.93. The lowest BCUT2D eigenvalue weighted by atomic mass is 9.94. The summed E-state index contributed by atoms with van der Waals surface area (Å²) in [6.07, 6.45) is 1.61. The first-order chi connectivity index (χ1) is 16.8. The molecule has 3 aromatic rings. The topological polar surface area (TPSA) is 109 Å². The van der Waals surface area contributed by atoms with Gasteiger partial charge in [-0.3, -0.25) is 15.1 Å². The summed E-state index contributed by atoms with van der Waals surface area (Å²) in [5.41, 5.74) is 1.31. The highest BCUT2D eigenvalue weighted by Crippen LogP contribution is 2.21. The van der Waals surface area contributed by atoms with Crippen molar-refractivity contribution >= 4 is 40.0 Å². The molecule has 0 fully saturated rings. The average Bonchev–Trinajstić information content (AvgIpc) is 2.86. The molecule has 3 rings (SSSR count). The van der Waals surface area contributed by atoms with Gasteiger partial charge in [0.2, 0.25) is 5.91 Å². The molecule has 8 nitrogen and oxygen atoms in total. The van der Waals surface area contributed by atoms with Crippen LogP contribution in [0.2, 0.25) is 0 Å². The summed E-state index contributed by atoms with van der Waals surface area (Å²) < 4.78 is 33.6. The molecule has 0 saturated carbocycles. The normalized spacial score (nSPS) is 11.9.